The van der Waals surface area contributed by atoms with Crippen molar-refractivity contribution < 1.29 is 0 Å². The monoisotopic (exact) mass is 521 g/mol. The molecule has 0 radical (unpaired) electrons. The summed E-state index contributed by atoms with van der Waals surface area (Å²) in [6.07, 6.45) is 3.60. The Labute approximate surface area is 219 Å². The predicted octanol–water partition coefficient (Wildman–Crippen LogP) is 4.70. The molecule has 0 unspecified atom stereocenters. The van der Waals surface area contributed by atoms with Crippen molar-refractivity contribution in [1.29, 1.82) is 5.26 Å². The fourth-order valence-electron chi connectivity index (χ4n) is 4.22. The molecule has 9 nitrogen and oxygen atoms in total. The number of nitrogens with one attached hydrogen (secondary N) is 2. The fourth-order valence-corrected chi connectivity index (χ4v) is 4.73. The van der Waals surface area contributed by atoms with Crippen LogP contribution in [0.4, 0.5) is 11.8 Å². The minimum atomic E-state index is 0.320. The van der Waals surface area contributed by atoms with Crippen molar-refractivity contribution in [3.05, 3.63) is 64.0 Å². The molecule has 11 heteroatoms. The van der Waals surface area contributed by atoms with E-state index in [0.29, 0.717) is 57.7 Å². The molecule has 4 aromatic rings. The van der Waals surface area contributed by atoms with Crippen LogP contribution in [0.25, 0.3) is 16.9 Å². The SMILES string of the molecule is CN1CCC(c2nc3cc(-c4ccc(Cl)cc4Cl)nc(NCCNc4ccc(C#N)cn4)n3n2)CC1. The van der Waals surface area contributed by atoms with Gasteiger partial charge in [-0.3, -0.25) is 0 Å². The van der Waals surface area contributed by atoms with Gasteiger partial charge in [-0.05, 0) is 63.3 Å². The second kappa shape index (κ2) is 10.7. The lowest BCUT2D eigenvalue weighted by molar-refractivity contribution is 0.251. The van der Waals surface area contributed by atoms with E-state index in [9.17, 15) is 0 Å². The van der Waals surface area contributed by atoms with Gasteiger partial charge in [-0.15, -0.1) is 5.10 Å². The summed E-state index contributed by atoms with van der Waals surface area (Å²) < 4.78 is 1.76. The number of hydrogen-bond donors (Lipinski definition) is 2. The Hall–Kier alpha value is -3.45. The van der Waals surface area contributed by atoms with Gasteiger partial charge in [0.1, 0.15) is 11.9 Å². The average molecular weight is 522 g/mol. The normalized spacial score (nSPS) is 14.6. The Morgan fingerprint density at radius 3 is 2.58 bits per heavy atom. The van der Waals surface area contributed by atoms with Crippen molar-refractivity contribution in [3.8, 4) is 17.3 Å². The summed E-state index contributed by atoms with van der Waals surface area (Å²) in [6, 6.07) is 12.9. The third kappa shape index (κ3) is 5.36. The van der Waals surface area contributed by atoms with Crippen LogP contribution in [0.2, 0.25) is 10.0 Å². The van der Waals surface area contributed by atoms with Crippen LogP contribution < -0.4 is 10.6 Å². The third-order valence-electron chi connectivity index (χ3n) is 6.24. The van der Waals surface area contributed by atoms with Crippen LogP contribution >= 0.6 is 23.2 Å². The number of piperidine rings is 1. The van der Waals surface area contributed by atoms with E-state index in [0.717, 1.165) is 37.3 Å². The zero-order chi connectivity index (χ0) is 25.1. The number of likely N-dealkylation sites (tertiary alicyclic amines) is 1. The molecule has 4 heterocycles. The Balaban J connectivity index is 1.41. The van der Waals surface area contributed by atoms with Crippen molar-refractivity contribution in [3.63, 3.8) is 0 Å². The van der Waals surface area contributed by atoms with E-state index in [1.165, 1.54) is 0 Å². The Morgan fingerprint density at radius 1 is 1.06 bits per heavy atom. The van der Waals surface area contributed by atoms with E-state index in [4.69, 9.17) is 43.5 Å². The highest BCUT2D eigenvalue weighted by Gasteiger charge is 2.23. The molecule has 1 aromatic carbocycles. The number of anilines is 2. The van der Waals surface area contributed by atoms with Gasteiger partial charge < -0.3 is 15.5 Å². The molecule has 184 valence electrons. The quantitative estimate of drug-likeness (QED) is 0.337. The molecule has 1 aliphatic rings. The van der Waals surface area contributed by atoms with Crippen LogP contribution in [0, 0.1) is 11.3 Å². The number of aromatic nitrogens is 5. The molecule has 1 aliphatic heterocycles. The first kappa shape index (κ1) is 24.3. The number of halogens is 2. The lowest BCUT2D eigenvalue weighted by Crippen LogP contribution is -2.29. The van der Waals surface area contributed by atoms with Gasteiger partial charge in [0.05, 0.1) is 16.3 Å². The molecule has 0 saturated carbocycles. The highest BCUT2D eigenvalue weighted by atomic mass is 35.5. The summed E-state index contributed by atoms with van der Waals surface area (Å²) >= 11 is 12.6. The molecule has 2 N–H and O–H groups in total. The second-order valence-electron chi connectivity index (χ2n) is 8.80. The van der Waals surface area contributed by atoms with Crippen molar-refractivity contribution in [2.24, 2.45) is 0 Å². The second-order valence-corrected chi connectivity index (χ2v) is 9.65. The number of pyridine rings is 1. The molecule has 5 rings (SSSR count). The fraction of sp³-hybridized carbons (Fsp3) is 0.320. The third-order valence-corrected chi connectivity index (χ3v) is 6.79. The van der Waals surface area contributed by atoms with Gasteiger partial charge in [-0.1, -0.05) is 23.2 Å². The predicted molar refractivity (Wildman–Crippen MR) is 142 cm³/mol. The Bertz CT molecular complexity index is 1400. The lowest BCUT2D eigenvalue weighted by atomic mass is 9.97. The minimum Gasteiger partial charge on any atom is -0.368 e. The van der Waals surface area contributed by atoms with Gasteiger partial charge >= 0.3 is 0 Å². The Kier molecular flexibility index (Phi) is 7.18. The van der Waals surface area contributed by atoms with Gasteiger partial charge in [0.15, 0.2) is 11.5 Å². The lowest BCUT2D eigenvalue weighted by Gasteiger charge is -2.26. The topological polar surface area (TPSA) is 107 Å². The molecular formula is C25H25Cl2N9. The smallest absolute Gasteiger partial charge is 0.226 e. The van der Waals surface area contributed by atoms with Crippen molar-refractivity contribution in [1.82, 2.24) is 29.5 Å². The van der Waals surface area contributed by atoms with E-state index in [1.54, 1.807) is 35.0 Å². The number of nitrogens with zero attached hydrogens (tertiary/aromatic N) is 7. The first-order valence-corrected chi connectivity index (χ1v) is 12.5. The molecule has 1 fully saturated rings. The number of nitriles is 1. The molecule has 0 amide bonds. The maximum atomic E-state index is 8.93. The highest BCUT2D eigenvalue weighted by molar-refractivity contribution is 6.36. The van der Waals surface area contributed by atoms with Crippen LogP contribution in [0.5, 0.6) is 0 Å². The summed E-state index contributed by atoms with van der Waals surface area (Å²) in [4.78, 5) is 16.3. The van der Waals surface area contributed by atoms with Crippen LogP contribution in [0.15, 0.2) is 42.6 Å². The molecule has 36 heavy (non-hydrogen) atoms. The summed E-state index contributed by atoms with van der Waals surface area (Å²) in [7, 11) is 2.14. The van der Waals surface area contributed by atoms with Crippen molar-refractivity contribution in [2.45, 2.75) is 18.8 Å². The van der Waals surface area contributed by atoms with E-state index < -0.39 is 0 Å². The molecule has 0 bridgehead atoms. The van der Waals surface area contributed by atoms with Crippen molar-refractivity contribution in [2.75, 3.05) is 43.9 Å². The largest absolute Gasteiger partial charge is 0.368 e. The van der Waals surface area contributed by atoms with Crippen LogP contribution in [0.1, 0.15) is 30.1 Å². The van der Waals surface area contributed by atoms with E-state index in [2.05, 4.69) is 33.6 Å². The molecule has 0 atom stereocenters. The van der Waals surface area contributed by atoms with Gasteiger partial charge in [-0.25, -0.2) is 15.0 Å². The standard InChI is InChI=1S/C25H25Cl2N9/c1-35-10-6-17(7-11-35)24-33-23-13-21(19-4-3-18(26)12-20(19)27)32-25(36(23)34-24)30-9-8-29-22-5-2-16(14-28)15-31-22/h2-5,12-13,15,17H,6-11H2,1H3,(H,29,31)(H,30,32). The number of benzene rings is 1. The Morgan fingerprint density at radius 2 is 1.86 bits per heavy atom. The van der Waals surface area contributed by atoms with E-state index in [-0.39, 0.29) is 0 Å². The molecule has 0 aliphatic carbocycles. The van der Waals surface area contributed by atoms with Gasteiger partial charge in [0.25, 0.3) is 0 Å². The number of rotatable bonds is 7. The van der Waals surface area contributed by atoms with E-state index >= 15 is 0 Å². The maximum Gasteiger partial charge on any atom is 0.226 e. The summed E-state index contributed by atoms with van der Waals surface area (Å²) in [5, 5.41) is 21.5. The van der Waals surface area contributed by atoms with Crippen LogP contribution in [0.3, 0.4) is 0 Å². The first-order chi connectivity index (χ1) is 17.5. The molecular weight excluding hydrogens is 497 g/mol. The minimum absolute atomic E-state index is 0.320. The first-order valence-electron chi connectivity index (χ1n) is 11.8. The molecule has 3 aromatic heterocycles. The van der Waals surface area contributed by atoms with E-state index in [1.807, 2.05) is 12.1 Å². The molecule has 1 saturated heterocycles. The van der Waals surface area contributed by atoms with Gasteiger partial charge in [0.2, 0.25) is 5.95 Å². The number of hydrogen-bond acceptors (Lipinski definition) is 8. The number of fused-ring (bicyclic) bond motifs is 1. The van der Waals surface area contributed by atoms with Gasteiger partial charge in [0, 0.05) is 41.9 Å². The molecule has 0 spiro atoms. The van der Waals surface area contributed by atoms with Gasteiger partial charge in [-0.2, -0.15) is 9.78 Å². The maximum absolute atomic E-state index is 8.93. The highest BCUT2D eigenvalue weighted by Crippen LogP contribution is 2.32. The summed E-state index contributed by atoms with van der Waals surface area (Å²) in [5.74, 6) is 2.43. The van der Waals surface area contributed by atoms with Crippen LogP contribution in [-0.4, -0.2) is 62.7 Å². The van der Waals surface area contributed by atoms with Crippen LogP contribution in [-0.2, 0) is 0 Å². The van der Waals surface area contributed by atoms with Crippen molar-refractivity contribution >= 4 is 40.6 Å². The summed E-state index contributed by atoms with van der Waals surface area (Å²) in [5.41, 5.74) is 2.70. The average Bonchev–Trinajstić information content (AvgIpc) is 3.32. The zero-order valence-electron chi connectivity index (χ0n) is 19.7. The summed E-state index contributed by atoms with van der Waals surface area (Å²) in [6.45, 7) is 3.21. The zero-order valence-corrected chi connectivity index (χ0v) is 21.3.